The first-order chi connectivity index (χ1) is 25.7. The van der Waals surface area contributed by atoms with Crippen molar-refractivity contribution in [2.24, 2.45) is 0 Å². The molecule has 0 amide bonds. The molecule has 3 nitrogen and oxygen atoms in total. The summed E-state index contributed by atoms with van der Waals surface area (Å²) in [5.41, 5.74) is 19.6. The molecule has 2 aliphatic heterocycles. The number of hydrogen-bond acceptors (Lipinski definition) is 2. The quantitative estimate of drug-likeness (QED) is 0.167. The Morgan fingerprint density at radius 2 is 1.11 bits per heavy atom. The number of aromatic nitrogens is 1. The van der Waals surface area contributed by atoms with E-state index in [0.717, 1.165) is 22.1 Å². The van der Waals surface area contributed by atoms with Crippen LogP contribution in [0.15, 0.2) is 126 Å². The van der Waals surface area contributed by atoms with Crippen LogP contribution in [0.2, 0.25) is 0 Å². The van der Waals surface area contributed by atoms with Gasteiger partial charge < -0.3 is 13.9 Å². The highest BCUT2D eigenvalue weighted by Gasteiger charge is 2.44. The molecule has 4 heterocycles. The summed E-state index contributed by atoms with van der Waals surface area (Å²) in [6.07, 6.45) is 0. The predicted molar refractivity (Wildman–Crippen MR) is 231 cm³/mol. The molecular formula is C50H47BN2O. The summed E-state index contributed by atoms with van der Waals surface area (Å²) in [4.78, 5) is 2.61. The van der Waals surface area contributed by atoms with E-state index in [4.69, 9.17) is 4.42 Å². The van der Waals surface area contributed by atoms with E-state index in [-0.39, 0.29) is 23.0 Å². The zero-order valence-electron chi connectivity index (χ0n) is 32.9. The first kappa shape index (κ1) is 33.1. The van der Waals surface area contributed by atoms with Crippen molar-refractivity contribution in [3.05, 3.63) is 138 Å². The molecule has 0 saturated heterocycles. The van der Waals surface area contributed by atoms with Gasteiger partial charge in [0.05, 0.1) is 11.2 Å². The maximum Gasteiger partial charge on any atom is 0.252 e. The Hall–Kier alpha value is -5.48. The summed E-state index contributed by atoms with van der Waals surface area (Å²) >= 11 is 0. The van der Waals surface area contributed by atoms with Gasteiger partial charge in [-0.05, 0) is 103 Å². The van der Waals surface area contributed by atoms with Gasteiger partial charge in [-0.2, -0.15) is 0 Å². The van der Waals surface area contributed by atoms with E-state index in [1.165, 1.54) is 77.9 Å². The second-order valence-corrected chi connectivity index (χ2v) is 18.7. The Morgan fingerprint density at radius 3 is 1.85 bits per heavy atom. The number of fused-ring (bicyclic) bond motifs is 9. The van der Waals surface area contributed by atoms with Gasteiger partial charge in [0.25, 0.3) is 6.71 Å². The highest BCUT2D eigenvalue weighted by molar-refractivity contribution is 7.00. The van der Waals surface area contributed by atoms with E-state index in [2.05, 4.69) is 193 Å². The van der Waals surface area contributed by atoms with Gasteiger partial charge in [0.2, 0.25) is 0 Å². The lowest BCUT2D eigenvalue weighted by Gasteiger charge is -2.42. The van der Waals surface area contributed by atoms with Crippen LogP contribution < -0.4 is 21.3 Å². The van der Waals surface area contributed by atoms with E-state index in [1.807, 2.05) is 0 Å². The standard InChI is InChI=1S/C50H47BN2O/c1-48(2,3)31-23-25-39(36(26-31)30-16-11-10-12-17-30)52-40-27-32(49(4,5)6)22-24-37(40)51-38-20-15-19-35-45(38)53(46-34-18-13-14-21-43(34)54-47(35)46)42-29-33(50(7,8)9)28-41(52)44(42)51/h10-29H,1-9H3. The number of nitrogens with zero attached hydrogens (tertiary/aromatic N) is 2. The van der Waals surface area contributed by atoms with E-state index >= 15 is 0 Å². The Labute approximate surface area is 319 Å². The molecule has 6 aromatic carbocycles. The molecule has 0 unspecified atom stereocenters. The summed E-state index contributed by atoms with van der Waals surface area (Å²) in [5, 5.41) is 2.32. The topological polar surface area (TPSA) is 21.3 Å². The SMILES string of the molecule is CC(C)(C)c1ccc(N2c3cc(C(C)(C)C)ccc3B3c4c2cc(C(C)(C)C)cc4-n2c4c3cccc4c3oc4ccccc4c32)c(-c2ccccc2)c1. The van der Waals surface area contributed by atoms with Crippen molar-refractivity contribution in [3.63, 3.8) is 0 Å². The zero-order chi connectivity index (χ0) is 37.5. The number of rotatable bonds is 2. The molecule has 54 heavy (non-hydrogen) atoms. The number of furan rings is 1. The van der Waals surface area contributed by atoms with Gasteiger partial charge in [-0.3, -0.25) is 0 Å². The van der Waals surface area contributed by atoms with Crippen LogP contribution >= 0.6 is 0 Å². The molecule has 2 aliphatic rings. The molecule has 0 N–H and O–H groups in total. The molecule has 10 rings (SSSR count). The lowest BCUT2D eigenvalue weighted by molar-refractivity contribution is 0.589. The molecule has 2 aromatic heterocycles. The van der Waals surface area contributed by atoms with E-state index in [1.54, 1.807) is 0 Å². The normalized spacial score (nSPS) is 13.9. The van der Waals surface area contributed by atoms with Crippen molar-refractivity contribution < 1.29 is 4.42 Å². The average molecular weight is 703 g/mol. The second kappa shape index (κ2) is 11.0. The van der Waals surface area contributed by atoms with Gasteiger partial charge in [0.15, 0.2) is 5.58 Å². The third-order valence-corrected chi connectivity index (χ3v) is 12.0. The molecule has 0 aliphatic carbocycles. The summed E-state index contributed by atoms with van der Waals surface area (Å²) < 4.78 is 9.29. The molecule has 4 heteroatoms. The highest BCUT2D eigenvalue weighted by atomic mass is 16.3. The van der Waals surface area contributed by atoms with Gasteiger partial charge in [-0.25, -0.2) is 0 Å². The van der Waals surface area contributed by atoms with Crippen LogP contribution in [-0.2, 0) is 16.2 Å². The first-order valence-corrected chi connectivity index (χ1v) is 19.5. The van der Waals surface area contributed by atoms with Crippen LogP contribution in [-0.4, -0.2) is 11.3 Å². The summed E-state index contributed by atoms with van der Waals surface area (Å²) in [5.74, 6) is 0. The lowest BCUT2D eigenvalue weighted by atomic mass is 9.33. The molecule has 0 radical (unpaired) electrons. The Kier molecular flexibility index (Phi) is 6.77. The molecule has 0 spiro atoms. The average Bonchev–Trinajstić information content (AvgIpc) is 3.67. The van der Waals surface area contributed by atoms with Crippen LogP contribution in [0.25, 0.3) is 49.8 Å². The fourth-order valence-electron chi connectivity index (χ4n) is 9.10. The predicted octanol–water partition coefficient (Wildman–Crippen LogP) is 11.7. The van der Waals surface area contributed by atoms with Crippen LogP contribution in [0.1, 0.15) is 79.0 Å². The maximum absolute atomic E-state index is 6.74. The van der Waals surface area contributed by atoms with Crippen molar-refractivity contribution in [3.8, 4) is 16.8 Å². The fraction of sp³-hybridized carbons (Fsp3) is 0.240. The lowest BCUT2D eigenvalue weighted by Crippen LogP contribution is -2.60. The van der Waals surface area contributed by atoms with Crippen molar-refractivity contribution in [2.45, 2.75) is 78.6 Å². The number of benzene rings is 6. The van der Waals surface area contributed by atoms with Crippen LogP contribution in [0.3, 0.4) is 0 Å². The number of para-hydroxylation sites is 2. The van der Waals surface area contributed by atoms with E-state index in [9.17, 15) is 0 Å². The fourth-order valence-corrected chi connectivity index (χ4v) is 9.10. The van der Waals surface area contributed by atoms with Gasteiger partial charge in [0, 0.05) is 33.4 Å². The zero-order valence-corrected chi connectivity index (χ0v) is 32.9. The largest absolute Gasteiger partial charge is 0.454 e. The molecule has 8 aromatic rings. The summed E-state index contributed by atoms with van der Waals surface area (Å²) in [7, 11) is 0. The molecule has 0 fully saturated rings. The highest BCUT2D eigenvalue weighted by Crippen LogP contribution is 2.48. The minimum absolute atomic E-state index is 0.0000719. The monoisotopic (exact) mass is 702 g/mol. The minimum Gasteiger partial charge on any atom is -0.454 e. The van der Waals surface area contributed by atoms with Gasteiger partial charge >= 0.3 is 0 Å². The number of hydrogen-bond donors (Lipinski definition) is 0. The second-order valence-electron chi connectivity index (χ2n) is 18.7. The van der Waals surface area contributed by atoms with E-state index in [0.29, 0.717) is 0 Å². The molecule has 0 saturated carbocycles. The van der Waals surface area contributed by atoms with Gasteiger partial charge in [-0.1, -0.05) is 135 Å². The van der Waals surface area contributed by atoms with Gasteiger partial charge in [0.1, 0.15) is 11.1 Å². The third kappa shape index (κ3) is 4.68. The maximum atomic E-state index is 6.74. The van der Waals surface area contributed by atoms with Crippen LogP contribution in [0, 0.1) is 0 Å². The number of anilines is 3. The van der Waals surface area contributed by atoms with Crippen LogP contribution in [0.5, 0.6) is 0 Å². The van der Waals surface area contributed by atoms with Crippen molar-refractivity contribution in [1.29, 1.82) is 0 Å². The van der Waals surface area contributed by atoms with Crippen molar-refractivity contribution in [2.75, 3.05) is 4.90 Å². The smallest absolute Gasteiger partial charge is 0.252 e. The van der Waals surface area contributed by atoms with Crippen molar-refractivity contribution in [1.82, 2.24) is 4.57 Å². The van der Waals surface area contributed by atoms with Crippen molar-refractivity contribution >= 4 is 73.1 Å². The van der Waals surface area contributed by atoms with E-state index < -0.39 is 0 Å². The molecule has 0 bridgehead atoms. The Morgan fingerprint density at radius 1 is 0.481 bits per heavy atom. The van der Waals surface area contributed by atoms with Gasteiger partial charge in [-0.15, -0.1) is 0 Å². The molecule has 0 atom stereocenters. The Bertz CT molecular complexity index is 2830. The minimum atomic E-state index is -0.0978. The van der Waals surface area contributed by atoms with Crippen LogP contribution in [0.4, 0.5) is 17.1 Å². The third-order valence-electron chi connectivity index (χ3n) is 12.0. The Balaban J connectivity index is 1.39. The first-order valence-electron chi connectivity index (χ1n) is 19.5. The molecular weight excluding hydrogens is 655 g/mol. The molecule has 266 valence electrons. The summed E-state index contributed by atoms with van der Waals surface area (Å²) in [6, 6.07) is 45.8. The summed E-state index contributed by atoms with van der Waals surface area (Å²) in [6.45, 7) is 21.0.